The number of hydrogen-bond donors (Lipinski definition) is 1. The van der Waals surface area contributed by atoms with Gasteiger partial charge in [0.2, 0.25) is 0 Å². The van der Waals surface area contributed by atoms with E-state index in [2.05, 4.69) is 44.2 Å². The topological polar surface area (TPSA) is 37.3 Å². The number of hydrogen-bond acceptors (Lipinski definition) is 1. The van der Waals surface area contributed by atoms with Crippen LogP contribution in [0.3, 0.4) is 0 Å². The maximum absolute atomic E-state index is 11.8. The Balaban J connectivity index is 1.86. The number of carboxylic acids is 1. The molecule has 0 saturated heterocycles. The fourth-order valence-electron chi connectivity index (χ4n) is 4.46. The third-order valence-electron chi connectivity index (χ3n) is 6.06. The van der Waals surface area contributed by atoms with Crippen LogP contribution < -0.4 is 0 Å². The Kier molecular flexibility index (Phi) is 7.08. The molecule has 2 aromatic rings. The quantitative estimate of drug-likeness (QED) is 0.541. The summed E-state index contributed by atoms with van der Waals surface area (Å²) in [6.45, 7) is 4.39. The molecule has 28 heavy (non-hydrogen) atoms. The molecule has 2 heteroatoms. The number of benzene rings is 2. The first-order valence-corrected chi connectivity index (χ1v) is 10.8. The van der Waals surface area contributed by atoms with Crippen LogP contribution in [0.4, 0.5) is 0 Å². The van der Waals surface area contributed by atoms with Gasteiger partial charge in [0.05, 0.1) is 5.56 Å². The minimum Gasteiger partial charge on any atom is -0.478 e. The molecule has 0 unspecified atom stereocenters. The van der Waals surface area contributed by atoms with Crippen molar-refractivity contribution in [2.24, 2.45) is 5.92 Å². The van der Waals surface area contributed by atoms with Crippen molar-refractivity contribution in [1.29, 1.82) is 0 Å². The van der Waals surface area contributed by atoms with E-state index in [9.17, 15) is 9.90 Å². The van der Waals surface area contributed by atoms with Crippen molar-refractivity contribution in [3.8, 4) is 11.1 Å². The van der Waals surface area contributed by atoms with Crippen LogP contribution >= 0.6 is 0 Å². The molecule has 148 valence electrons. The molecule has 0 heterocycles. The fraction of sp³-hybridized carbons (Fsp3) is 0.423. The smallest absolute Gasteiger partial charge is 0.336 e. The predicted octanol–water partition coefficient (Wildman–Crippen LogP) is 7.55. The number of carbonyl (C=O) groups is 1. The van der Waals surface area contributed by atoms with Crippen molar-refractivity contribution in [3.05, 3.63) is 65.2 Å². The van der Waals surface area contributed by atoms with Crippen LogP contribution in [0.2, 0.25) is 0 Å². The van der Waals surface area contributed by atoms with Gasteiger partial charge < -0.3 is 5.11 Å². The summed E-state index contributed by atoms with van der Waals surface area (Å²) >= 11 is 0. The van der Waals surface area contributed by atoms with Gasteiger partial charge in [0.25, 0.3) is 0 Å². The van der Waals surface area contributed by atoms with E-state index in [1.54, 1.807) is 6.07 Å². The third-order valence-corrected chi connectivity index (χ3v) is 6.06. The van der Waals surface area contributed by atoms with Crippen molar-refractivity contribution in [2.45, 2.75) is 64.7 Å². The lowest BCUT2D eigenvalue weighted by atomic mass is 9.76. The molecule has 0 aromatic heterocycles. The van der Waals surface area contributed by atoms with Crippen LogP contribution in [0.1, 0.15) is 86.2 Å². The van der Waals surface area contributed by atoms with Crippen molar-refractivity contribution < 1.29 is 9.90 Å². The highest BCUT2D eigenvalue weighted by Gasteiger charge is 2.23. The van der Waals surface area contributed by atoms with E-state index in [-0.39, 0.29) is 0 Å². The van der Waals surface area contributed by atoms with Gasteiger partial charge in [-0.15, -0.1) is 0 Å². The highest BCUT2D eigenvalue weighted by Crippen LogP contribution is 2.39. The molecule has 1 N–H and O–H groups in total. The van der Waals surface area contributed by atoms with Crippen molar-refractivity contribution in [3.63, 3.8) is 0 Å². The van der Waals surface area contributed by atoms with Crippen LogP contribution in [0.25, 0.3) is 17.2 Å². The molecular weight excluding hydrogens is 344 g/mol. The van der Waals surface area contributed by atoms with Crippen molar-refractivity contribution in [1.82, 2.24) is 0 Å². The average molecular weight is 377 g/mol. The first-order chi connectivity index (χ1) is 13.6. The summed E-state index contributed by atoms with van der Waals surface area (Å²) in [7, 11) is 0. The van der Waals surface area contributed by atoms with Crippen LogP contribution in [-0.2, 0) is 0 Å². The van der Waals surface area contributed by atoms with Gasteiger partial charge in [-0.25, -0.2) is 4.79 Å². The summed E-state index contributed by atoms with van der Waals surface area (Å²) in [6, 6.07) is 14.2. The van der Waals surface area contributed by atoms with Gasteiger partial charge in [0.1, 0.15) is 0 Å². The van der Waals surface area contributed by atoms with Gasteiger partial charge in [-0.1, -0.05) is 75.2 Å². The molecule has 0 radical (unpaired) electrons. The number of carboxylic acid groups (broad SMARTS) is 1. The van der Waals surface area contributed by atoms with E-state index in [1.807, 2.05) is 18.2 Å². The lowest BCUT2D eigenvalue weighted by Crippen LogP contribution is -2.13. The molecule has 1 aliphatic carbocycles. The Morgan fingerprint density at radius 3 is 2.36 bits per heavy atom. The van der Waals surface area contributed by atoms with Crippen LogP contribution in [-0.4, -0.2) is 11.1 Å². The minimum atomic E-state index is -0.858. The molecule has 0 spiro atoms. The molecule has 1 aliphatic rings. The summed E-state index contributed by atoms with van der Waals surface area (Å²) in [5.41, 5.74) is 4.65. The number of allylic oxidation sites excluding steroid dienone is 1. The zero-order chi connectivity index (χ0) is 19.9. The second-order valence-corrected chi connectivity index (χ2v) is 8.05. The highest BCUT2D eigenvalue weighted by molar-refractivity contribution is 5.96. The van der Waals surface area contributed by atoms with Crippen molar-refractivity contribution >= 4 is 12.0 Å². The van der Waals surface area contributed by atoms with E-state index < -0.39 is 5.97 Å². The molecule has 3 rings (SSSR count). The number of rotatable bonds is 7. The monoisotopic (exact) mass is 376 g/mol. The molecule has 2 nitrogen and oxygen atoms in total. The first kappa shape index (κ1) is 20.4. The molecule has 2 aromatic carbocycles. The lowest BCUT2D eigenvalue weighted by molar-refractivity contribution is 0.0697. The van der Waals surface area contributed by atoms with Gasteiger partial charge in [-0.05, 0) is 72.3 Å². The molecule has 0 atom stereocenters. The Morgan fingerprint density at radius 2 is 1.75 bits per heavy atom. The highest BCUT2D eigenvalue weighted by atomic mass is 16.4. The second kappa shape index (κ2) is 9.73. The summed E-state index contributed by atoms with van der Waals surface area (Å²) in [4.78, 5) is 11.8. The van der Waals surface area contributed by atoms with Gasteiger partial charge in [0, 0.05) is 0 Å². The van der Waals surface area contributed by atoms with Crippen molar-refractivity contribution in [2.75, 3.05) is 0 Å². The lowest BCUT2D eigenvalue weighted by Gasteiger charge is -2.29. The van der Waals surface area contributed by atoms with E-state index >= 15 is 0 Å². The SMILES string of the molecule is CCC=Cc1ccc(-c2cc(C3CCC(CCC)CC3)ccc2C(=O)O)cc1. The summed E-state index contributed by atoms with van der Waals surface area (Å²) < 4.78 is 0. The Morgan fingerprint density at radius 1 is 1.04 bits per heavy atom. The molecule has 0 amide bonds. The van der Waals surface area contributed by atoms with Gasteiger partial charge in [0.15, 0.2) is 0 Å². The summed E-state index contributed by atoms with van der Waals surface area (Å²) in [6.07, 6.45) is 12.9. The Labute approximate surface area is 169 Å². The zero-order valence-electron chi connectivity index (χ0n) is 17.2. The average Bonchev–Trinajstić information content (AvgIpc) is 2.73. The largest absolute Gasteiger partial charge is 0.478 e. The van der Waals surface area contributed by atoms with Crippen LogP contribution in [0.5, 0.6) is 0 Å². The van der Waals surface area contributed by atoms with E-state index in [0.29, 0.717) is 11.5 Å². The molecule has 0 aliphatic heterocycles. The second-order valence-electron chi connectivity index (χ2n) is 8.05. The summed E-state index contributed by atoms with van der Waals surface area (Å²) in [5.74, 6) is 0.576. The normalized spacial score (nSPS) is 19.8. The molecule has 0 bridgehead atoms. The zero-order valence-corrected chi connectivity index (χ0v) is 17.2. The molecule has 1 fully saturated rings. The summed E-state index contributed by atoms with van der Waals surface area (Å²) in [5, 5.41) is 9.68. The van der Waals surface area contributed by atoms with Crippen LogP contribution in [0, 0.1) is 5.92 Å². The minimum absolute atomic E-state index is 0.389. The standard InChI is InChI=1S/C26H32O2/c1-3-5-7-20-10-14-22(15-11-20)25-18-23(16-17-24(25)26(27)28)21-12-8-19(6-4-2)9-13-21/h5,7,10-11,14-19,21H,3-4,6,8-9,12-13H2,1-2H3,(H,27,28). The molecule has 1 saturated carbocycles. The number of aromatic carboxylic acids is 1. The van der Waals surface area contributed by atoms with Gasteiger partial charge in [-0.3, -0.25) is 0 Å². The molecular formula is C26H32O2. The van der Waals surface area contributed by atoms with Crippen LogP contribution in [0.15, 0.2) is 48.5 Å². The first-order valence-electron chi connectivity index (χ1n) is 10.8. The maximum Gasteiger partial charge on any atom is 0.336 e. The maximum atomic E-state index is 11.8. The van der Waals surface area contributed by atoms with E-state index in [1.165, 1.54) is 44.1 Å². The van der Waals surface area contributed by atoms with Gasteiger partial charge in [-0.2, -0.15) is 0 Å². The fourth-order valence-corrected chi connectivity index (χ4v) is 4.46. The van der Waals surface area contributed by atoms with Gasteiger partial charge >= 0.3 is 5.97 Å². The predicted molar refractivity (Wildman–Crippen MR) is 118 cm³/mol. The van der Waals surface area contributed by atoms with E-state index in [4.69, 9.17) is 0 Å². The Hall–Kier alpha value is -2.35. The Bertz CT molecular complexity index is 809. The third kappa shape index (κ3) is 4.92. The van der Waals surface area contributed by atoms with E-state index in [0.717, 1.165) is 29.0 Å².